The highest BCUT2D eigenvalue weighted by Crippen LogP contribution is 2.22. The number of rotatable bonds is 1. The summed E-state index contributed by atoms with van der Waals surface area (Å²) in [5, 5.41) is 0. The van der Waals surface area contributed by atoms with Crippen LogP contribution < -0.4 is 5.73 Å². The van der Waals surface area contributed by atoms with E-state index in [1.54, 1.807) is 5.57 Å². The fourth-order valence-electron chi connectivity index (χ4n) is 1.50. The van der Waals surface area contributed by atoms with E-state index in [4.69, 9.17) is 5.73 Å². The first-order chi connectivity index (χ1) is 4.83. The van der Waals surface area contributed by atoms with Gasteiger partial charge in [0.15, 0.2) is 0 Å². The van der Waals surface area contributed by atoms with E-state index in [0.29, 0.717) is 6.04 Å². The Bertz CT molecular complexity index is 122. The Labute approximate surface area is 75.5 Å². The molecule has 0 radical (unpaired) electrons. The molecule has 0 heterocycles. The summed E-state index contributed by atoms with van der Waals surface area (Å²) in [5.41, 5.74) is 7.39. The minimum Gasteiger partial charge on any atom is -0.328 e. The third kappa shape index (κ3) is 3.78. The van der Waals surface area contributed by atoms with Crippen molar-refractivity contribution < 1.29 is 0 Å². The molecule has 1 rings (SSSR count). The van der Waals surface area contributed by atoms with E-state index in [2.05, 4.69) is 13.0 Å². The molecule has 0 spiro atoms. The van der Waals surface area contributed by atoms with Crippen LogP contribution in [0.4, 0.5) is 0 Å². The van der Waals surface area contributed by atoms with Gasteiger partial charge in [-0.3, -0.25) is 0 Å². The van der Waals surface area contributed by atoms with Crippen LogP contribution in [0, 0.1) is 0 Å². The quantitative estimate of drug-likeness (QED) is 0.610. The molecule has 0 aliphatic heterocycles. The van der Waals surface area contributed by atoms with Crippen LogP contribution in [0.2, 0.25) is 0 Å². The van der Waals surface area contributed by atoms with Gasteiger partial charge in [0, 0.05) is 6.04 Å². The lowest BCUT2D eigenvalue weighted by Gasteiger charge is -2.19. The Hall–Kier alpha value is -0.0100. The fourth-order valence-corrected chi connectivity index (χ4v) is 1.50. The van der Waals surface area contributed by atoms with Crippen molar-refractivity contribution in [3.8, 4) is 0 Å². The molecule has 11 heavy (non-hydrogen) atoms. The SMILES string of the molecule is CCC=C1CCC(N)CC1.Cl. The van der Waals surface area contributed by atoms with Gasteiger partial charge in [-0.05, 0) is 32.1 Å². The zero-order chi connectivity index (χ0) is 7.40. The van der Waals surface area contributed by atoms with Crippen molar-refractivity contribution in [1.82, 2.24) is 0 Å². The number of hydrogen-bond acceptors (Lipinski definition) is 1. The second-order valence-corrected chi connectivity index (χ2v) is 3.11. The molecule has 2 N–H and O–H groups in total. The molecule has 1 nitrogen and oxygen atoms in total. The Morgan fingerprint density at radius 2 is 2.00 bits per heavy atom. The predicted molar refractivity (Wildman–Crippen MR) is 52.1 cm³/mol. The van der Waals surface area contributed by atoms with E-state index < -0.39 is 0 Å². The van der Waals surface area contributed by atoms with Gasteiger partial charge in [-0.25, -0.2) is 0 Å². The van der Waals surface area contributed by atoms with E-state index >= 15 is 0 Å². The smallest absolute Gasteiger partial charge is 0.00449 e. The number of allylic oxidation sites excluding steroid dienone is 2. The number of nitrogens with two attached hydrogens (primary N) is 1. The molecule has 1 aliphatic rings. The summed E-state index contributed by atoms with van der Waals surface area (Å²) in [5.74, 6) is 0. The summed E-state index contributed by atoms with van der Waals surface area (Å²) in [6.07, 6.45) is 8.43. The van der Waals surface area contributed by atoms with Gasteiger partial charge in [-0.15, -0.1) is 12.4 Å². The van der Waals surface area contributed by atoms with Crippen molar-refractivity contribution in [1.29, 1.82) is 0 Å². The zero-order valence-corrected chi connectivity index (χ0v) is 7.99. The van der Waals surface area contributed by atoms with Crippen molar-refractivity contribution in [2.75, 3.05) is 0 Å². The second kappa shape index (κ2) is 5.62. The minimum absolute atomic E-state index is 0. The summed E-state index contributed by atoms with van der Waals surface area (Å²) in [4.78, 5) is 0. The van der Waals surface area contributed by atoms with Gasteiger partial charge in [0.2, 0.25) is 0 Å². The molecule has 1 fully saturated rings. The second-order valence-electron chi connectivity index (χ2n) is 3.11. The highest BCUT2D eigenvalue weighted by Gasteiger charge is 2.11. The molecule has 2 heteroatoms. The maximum absolute atomic E-state index is 5.77. The lowest BCUT2D eigenvalue weighted by atomic mass is 9.91. The van der Waals surface area contributed by atoms with Gasteiger partial charge in [0.05, 0.1) is 0 Å². The molecule has 66 valence electrons. The standard InChI is InChI=1S/C9H17N.ClH/c1-2-3-8-4-6-9(10)7-5-8;/h3,9H,2,4-7,10H2,1H3;1H. The van der Waals surface area contributed by atoms with Gasteiger partial charge in [-0.2, -0.15) is 0 Å². The molecule has 0 unspecified atom stereocenters. The van der Waals surface area contributed by atoms with Gasteiger partial charge in [0.25, 0.3) is 0 Å². The fraction of sp³-hybridized carbons (Fsp3) is 0.778. The lowest BCUT2D eigenvalue weighted by molar-refractivity contribution is 0.510. The van der Waals surface area contributed by atoms with Crippen LogP contribution in [0.1, 0.15) is 39.0 Å². The van der Waals surface area contributed by atoms with Crippen molar-refractivity contribution in [3.05, 3.63) is 11.6 Å². The Morgan fingerprint density at radius 1 is 1.45 bits per heavy atom. The van der Waals surface area contributed by atoms with E-state index in [1.165, 1.54) is 32.1 Å². The molecular formula is C9H18ClN. The van der Waals surface area contributed by atoms with Gasteiger partial charge in [0.1, 0.15) is 0 Å². The average molecular weight is 176 g/mol. The first kappa shape index (κ1) is 11.0. The van der Waals surface area contributed by atoms with Crippen LogP contribution >= 0.6 is 12.4 Å². The molecule has 0 aromatic rings. The highest BCUT2D eigenvalue weighted by molar-refractivity contribution is 5.85. The van der Waals surface area contributed by atoms with E-state index in [-0.39, 0.29) is 12.4 Å². The van der Waals surface area contributed by atoms with Gasteiger partial charge in [-0.1, -0.05) is 18.6 Å². The summed E-state index contributed by atoms with van der Waals surface area (Å²) >= 11 is 0. The Balaban J connectivity index is 0.000001000. The molecule has 1 aliphatic carbocycles. The highest BCUT2D eigenvalue weighted by atomic mass is 35.5. The molecule has 0 bridgehead atoms. The number of halogens is 1. The summed E-state index contributed by atoms with van der Waals surface area (Å²) in [7, 11) is 0. The summed E-state index contributed by atoms with van der Waals surface area (Å²) in [6, 6.07) is 0.481. The van der Waals surface area contributed by atoms with Crippen LogP contribution in [0.15, 0.2) is 11.6 Å². The predicted octanol–water partition coefficient (Wildman–Crippen LogP) is 2.65. The van der Waals surface area contributed by atoms with E-state index in [0.717, 1.165) is 0 Å². The molecule has 1 saturated carbocycles. The van der Waals surface area contributed by atoms with Crippen molar-refractivity contribution in [2.45, 2.75) is 45.1 Å². The first-order valence-corrected chi connectivity index (χ1v) is 4.26. The van der Waals surface area contributed by atoms with Gasteiger partial charge >= 0.3 is 0 Å². The molecule has 0 amide bonds. The van der Waals surface area contributed by atoms with E-state index in [9.17, 15) is 0 Å². The molecule has 0 aromatic heterocycles. The average Bonchev–Trinajstić information content (AvgIpc) is 1.95. The van der Waals surface area contributed by atoms with Crippen LogP contribution in [0.25, 0.3) is 0 Å². The van der Waals surface area contributed by atoms with Crippen LogP contribution in [-0.2, 0) is 0 Å². The molecule has 0 saturated heterocycles. The normalized spacial score (nSPS) is 24.2. The maximum Gasteiger partial charge on any atom is 0.00449 e. The third-order valence-corrected chi connectivity index (χ3v) is 2.17. The van der Waals surface area contributed by atoms with Gasteiger partial charge < -0.3 is 5.73 Å². The Morgan fingerprint density at radius 3 is 2.45 bits per heavy atom. The zero-order valence-electron chi connectivity index (χ0n) is 7.18. The van der Waals surface area contributed by atoms with Crippen LogP contribution in [0.5, 0.6) is 0 Å². The summed E-state index contributed by atoms with van der Waals surface area (Å²) < 4.78 is 0. The topological polar surface area (TPSA) is 26.0 Å². The van der Waals surface area contributed by atoms with Crippen molar-refractivity contribution >= 4 is 12.4 Å². The van der Waals surface area contributed by atoms with E-state index in [1.807, 2.05) is 0 Å². The largest absolute Gasteiger partial charge is 0.328 e. The Kier molecular flexibility index (Phi) is 5.61. The van der Waals surface area contributed by atoms with Crippen LogP contribution in [0.3, 0.4) is 0 Å². The van der Waals surface area contributed by atoms with Crippen molar-refractivity contribution in [2.24, 2.45) is 5.73 Å². The lowest BCUT2D eigenvalue weighted by Crippen LogP contribution is -2.23. The maximum atomic E-state index is 5.77. The summed E-state index contributed by atoms with van der Waals surface area (Å²) in [6.45, 7) is 2.20. The third-order valence-electron chi connectivity index (χ3n) is 2.17. The monoisotopic (exact) mass is 175 g/mol. The van der Waals surface area contributed by atoms with Crippen LogP contribution in [-0.4, -0.2) is 6.04 Å². The minimum atomic E-state index is 0. The molecule has 0 aromatic carbocycles. The number of hydrogen-bond donors (Lipinski definition) is 1. The molecular weight excluding hydrogens is 158 g/mol. The first-order valence-electron chi connectivity index (χ1n) is 4.26. The molecule has 0 atom stereocenters. The van der Waals surface area contributed by atoms with Crippen molar-refractivity contribution in [3.63, 3.8) is 0 Å².